The van der Waals surface area contributed by atoms with Crippen molar-refractivity contribution in [3.63, 3.8) is 0 Å². The summed E-state index contributed by atoms with van der Waals surface area (Å²) in [6.45, 7) is 3.51. The molecule has 1 aliphatic carbocycles. The number of pyridine rings is 1. The Hall–Kier alpha value is -1.63. The van der Waals surface area contributed by atoms with E-state index < -0.39 is 18.5 Å². The Morgan fingerprint density at radius 1 is 1.35 bits per heavy atom. The molecule has 0 fully saturated rings. The molecule has 0 unspecified atom stereocenters. The zero-order valence-electron chi connectivity index (χ0n) is 14.4. The van der Waals surface area contributed by atoms with Crippen LogP contribution in [0.25, 0.3) is 0 Å². The van der Waals surface area contributed by atoms with Gasteiger partial charge in [-0.1, -0.05) is 30.1 Å². The van der Waals surface area contributed by atoms with E-state index in [-0.39, 0.29) is 10.8 Å². The number of nitrogens with zero attached hydrogens (tertiary/aromatic N) is 1. The molecule has 138 valence electrons. The highest BCUT2D eigenvalue weighted by molar-refractivity contribution is 7.14. The maximum Gasteiger partial charge on any atom is 0.348 e. The van der Waals surface area contributed by atoms with Gasteiger partial charge in [-0.15, -0.1) is 11.3 Å². The lowest BCUT2D eigenvalue weighted by Crippen LogP contribution is -2.21. The number of hydrogen-bond acceptors (Lipinski definition) is 5. The molecule has 0 radical (unpaired) electrons. The molecule has 1 N–H and O–H groups in total. The Morgan fingerprint density at radius 3 is 2.88 bits per heavy atom. The van der Waals surface area contributed by atoms with Crippen LogP contribution in [0.3, 0.4) is 0 Å². The van der Waals surface area contributed by atoms with Gasteiger partial charge in [0.15, 0.2) is 12.4 Å². The van der Waals surface area contributed by atoms with Gasteiger partial charge in [0.2, 0.25) is 0 Å². The number of amides is 1. The van der Waals surface area contributed by atoms with Crippen molar-refractivity contribution in [3.8, 4) is 0 Å². The summed E-state index contributed by atoms with van der Waals surface area (Å²) in [5.41, 5.74) is 1.76. The van der Waals surface area contributed by atoms with Crippen molar-refractivity contribution >= 4 is 52.2 Å². The number of fused-ring (bicyclic) bond motifs is 1. The summed E-state index contributed by atoms with van der Waals surface area (Å²) in [7, 11) is 0. The van der Waals surface area contributed by atoms with Crippen LogP contribution in [0, 0.1) is 12.8 Å². The first-order chi connectivity index (χ1) is 12.3. The van der Waals surface area contributed by atoms with Crippen molar-refractivity contribution in [1.82, 2.24) is 4.98 Å². The molecule has 0 spiro atoms. The number of hydrogen-bond donors (Lipinski definition) is 1. The molecule has 8 heteroatoms. The normalized spacial score (nSPS) is 16.1. The van der Waals surface area contributed by atoms with E-state index in [1.807, 2.05) is 6.07 Å². The summed E-state index contributed by atoms with van der Waals surface area (Å²) >= 11 is 13.4. The Balaban J connectivity index is 1.58. The topological polar surface area (TPSA) is 68.3 Å². The van der Waals surface area contributed by atoms with E-state index in [0.29, 0.717) is 21.5 Å². The average molecular weight is 413 g/mol. The second kappa shape index (κ2) is 7.94. The molecule has 0 aliphatic heterocycles. The number of rotatable bonds is 4. The second-order valence-electron chi connectivity index (χ2n) is 6.42. The van der Waals surface area contributed by atoms with Crippen molar-refractivity contribution in [1.29, 1.82) is 0 Å². The van der Waals surface area contributed by atoms with Crippen molar-refractivity contribution in [2.24, 2.45) is 5.92 Å². The van der Waals surface area contributed by atoms with Crippen molar-refractivity contribution in [3.05, 3.63) is 43.2 Å². The van der Waals surface area contributed by atoms with Crippen LogP contribution in [0.15, 0.2) is 12.1 Å². The number of thiophene rings is 1. The fraction of sp³-hybridized carbons (Fsp3) is 0.389. The fourth-order valence-corrected chi connectivity index (χ4v) is 4.33. The molecular weight excluding hydrogens is 395 g/mol. The monoisotopic (exact) mass is 412 g/mol. The van der Waals surface area contributed by atoms with E-state index in [1.54, 1.807) is 6.92 Å². The number of nitrogens with one attached hydrogen (secondary N) is 1. The molecule has 0 saturated heterocycles. The summed E-state index contributed by atoms with van der Waals surface area (Å²) in [5.74, 6) is -0.176. The third kappa shape index (κ3) is 4.37. The summed E-state index contributed by atoms with van der Waals surface area (Å²) in [5, 5.41) is 3.16. The summed E-state index contributed by atoms with van der Waals surface area (Å²) in [6.07, 6.45) is 3.12. The zero-order valence-corrected chi connectivity index (χ0v) is 16.7. The minimum absolute atomic E-state index is 0.190. The van der Waals surface area contributed by atoms with Gasteiger partial charge in [-0.25, -0.2) is 9.78 Å². The van der Waals surface area contributed by atoms with Gasteiger partial charge < -0.3 is 10.1 Å². The lowest BCUT2D eigenvalue weighted by Gasteiger charge is -2.16. The Labute approximate surface area is 165 Å². The summed E-state index contributed by atoms with van der Waals surface area (Å²) in [6, 6.07) is 3.39. The number of anilines is 1. The van der Waals surface area contributed by atoms with Crippen molar-refractivity contribution in [2.45, 2.75) is 33.1 Å². The molecule has 1 atom stereocenters. The minimum Gasteiger partial charge on any atom is -0.451 e. The minimum atomic E-state index is -0.510. The smallest absolute Gasteiger partial charge is 0.348 e. The molecule has 2 aromatic rings. The van der Waals surface area contributed by atoms with Gasteiger partial charge in [0, 0.05) is 4.88 Å². The highest BCUT2D eigenvalue weighted by Crippen LogP contribution is 2.32. The Bertz CT molecular complexity index is 866. The van der Waals surface area contributed by atoms with Gasteiger partial charge in [0.1, 0.15) is 4.88 Å². The largest absolute Gasteiger partial charge is 0.451 e. The quantitative estimate of drug-likeness (QED) is 0.740. The molecule has 3 rings (SSSR count). The SMILES string of the molecule is Cc1nc(NC(=O)COC(=O)c2cc3c(s2)CC[C@H](C)C3)c(Cl)cc1Cl. The summed E-state index contributed by atoms with van der Waals surface area (Å²) in [4.78, 5) is 30.1. The molecule has 0 bridgehead atoms. The molecular formula is C18H18Cl2N2O3S. The third-order valence-corrected chi connectivity index (χ3v) is 6.12. The number of halogens is 2. The first-order valence-electron chi connectivity index (χ1n) is 8.24. The van der Waals surface area contributed by atoms with Gasteiger partial charge in [0.05, 0.1) is 15.7 Å². The van der Waals surface area contributed by atoms with E-state index in [2.05, 4.69) is 17.2 Å². The zero-order chi connectivity index (χ0) is 18.8. The number of carbonyl (C=O) groups excluding carboxylic acids is 2. The van der Waals surface area contributed by atoms with Crippen LogP contribution < -0.4 is 5.32 Å². The predicted molar refractivity (Wildman–Crippen MR) is 103 cm³/mol. The van der Waals surface area contributed by atoms with Gasteiger partial charge in [-0.3, -0.25) is 4.79 Å². The molecule has 5 nitrogen and oxygen atoms in total. The highest BCUT2D eigenvalue weighted by atomic mass is 35.5. The van der Waals surface area contributed by atoms with Crippen molar-refractivity contribution in [2.75, 3.05) is 11.9 Å². The molecule has 2 heterocycles. The third-order valence-electron chi connectivity index (χ3n) is 4.23. The van der Waals surface area contributed by atoms with Crippen LogP contribution >= 0.6 is 34.5 Å². The second-order valence-corrected chi connectivity index (χ2v) is 8.37. The Morgan fingerprint density at radius 2 is 2.12 bits per heavy atom. The van der Waals surface area contributed by atoms with E-state index >= 15 is 0 Å². The number of ether oxygens (including phenoxy) is 1. The average Bonchev–Trinajstić information content (AvgIpc) is 3.00. The standard InChI is InChI=1S/C18H18Cl2N2O3S/c1-9-3-4-14-11(5-9)6-15(26-14)18(24)25-8-16(23)22-17-13(20)7-12(19)10(2)21-17/h6-7,9H,3-5,8H2,1-2H3,(H,21,22,23)/t9-/m0/s1. The maximum absolute atomic E-state index is 12.2. The Kier molecular flexibility index (Phi) is 5.85. The molecule has 26 heavy (non-hydrogen) atoms. The van der Waals surface area contributed by atoms with Crippen LogP contribution in [-0.4, -0.2) is 23.5 Å². The molecule has 1 aliphatic rings. The molecule has 0 saturated carbocycles. The number of carbonyl (C=O) groups is 2. The first-order valence-corrected chi connectivity index (χ1v) is 9.82. The van der Waals surface area contributed by atoms with E-state index in [9.17, 15) is 9.59 Å². The molecule has 2 aromatic heterocycles. The van der Waals surface area contributed by atoms with E-state index in [0.717, 1.165) is 19.3 Å². The number of aromatic nitrogens is 1. The molecule has 1 amide bonds. The maximum atomic E-state index is 12.2. The van der Waals surface area contributed by atoms with E-state index in [1.165, 1.54) is 27.8 Å². The van der Waals surface area contributed by atoms with Crippen LogP contribution in [0.5, 0.6) is 0 Å². The predicted octanol–water partition coefficient (Wildman–Crippen LogP) is 4.68. The number of esters is 1. The lowest BCUT2D eigenvalue weighted by molar-refractivity contribution is -0.119. The van der Waals surface area contributed by atoms with Gasteiger partial charge in [-0.05, 0) is 49.8 Å². The first kappa shape index (κ1) is 19.1. The number of aryl methyl sites for hydroxylation is 2. The van der Waals surface area contributed by atoms with E-state index in [4.69, 9.17) is 27.9 Å². The van der Waals surface area contributed by atoms with Gasteiger partial charge in [-0.2, -0.15) is 0 Å². The lowest BCUT2D eigenvalue weighted by atomic mass is 9.90. The fourth-order valence-electron chi connectivity index (χ4n) is 2.82. The van der Waals surface area contributed by atoms with Gasteiger partial charge in [0.25, 0.3) is 5.91 Å². The van der Waals surface area contributed by atoms with Crippen LogP contribution in [0.4, 0.5) is 5.82 Å². The molecule has 0 aromatic carbocycles. The van der Waals surface area contributed by atoms with Crippen LogP contribution in [0.2, 0.25) is 10.0 Å². The summed E-state index contributed by atoms with van der Waals surface area (Å²) < 4.78 is 5.12. The van der Waals surface area contributed by atoms with Crippen molar-refractivity contribution < 1.29 is 14.3 Å². The highest BCUT2D eigenvalue weighted by Gasteiger charge is 2.22. The van der Waals surface area contributed by atoms with Crippen LogP contribution in [-0.2, 0) is 22.4 Å². The van der Waals surface area contributed by atoms with Gasteiger partial charge >= 0.3 is 5.97 Å². The van der Waals surface area contributed by atoms with Crippen LogP contribution in [0.1, 0.15) is 39.2 Å².